The number of hydrogen-bond donors (Lipinski definition) is 2. The minimum atomic E-state index is 0.00801. The number of nitrogens with zero attached hydrogens (tertiary/aromatic N) is 3. The fourth-order valence-corrected chi connectivity index (χ4v) is 1.37. The summed E-state index contributed by atoms with van der Waals surface area (Å²) in [6.07, 6.45) is 3.04. The number of aromatic nitrogens is 2. The molecule has 3 N–H and O–H groups in total. The number of rotatable bonds is 5. The molecule has 0 saturated carbocycles. The van der Waals surface area contributed by atoms with E-state index in [1.165, 1.54) is 6.33 Å². The Balaban J connectivity index is 2.99. The van der Waals surface area contributed by atoms with Crippen LogP contribution in [0.2, 0.25) is 5.02 Å². The summed E-state index contributed by atoms with van der Waals surface area (Å²) in [5.41, 5.74) is 5.55. The van der Waals surface area contributed by atoms with Gasteiger partial charge < -0.3 is 15.7 Å². The highest BCUT2D eigenvalue weighted by Gasteiger charge is 2.12. The molecule has 0 bridgehead atoms. The number of nitrogen functional groups attached to an aromatic ring is 1. The van der Waals surface area contributed by atoms with E-state index in [0.29, 0.717) is 23.9 Å². The second-order valence-electron chi connectivity index (χ2n) is 2.85. The first-order valence-corrected chi connectivity index (χ1v) is 4.81. The number of halogens is 1. The lowest BCUT2D eigenvalue weighted by atomic mass is 10.4. The summed E-state index contributed by atoms with van der Waals surface area (Å²) >= 11 is 5.95. The van der Waals surface area contributed by atoms with Crippen LogP contribution in [0.1, 0.15) is 0 Å². The zero-order chi connectivity index (χ0) is 11.3. The first kappa shape index (κ1) is 11.7. The highest BCUT2D eigenvalue weighted by atomic mass is 35.5. The van der Waals surface area contributed by atoms with Crippen LogP contribution >= 0.6 is 11.6 Å². The van der Waals surface area contributed by atoms with Crippen LogP contribution in [0.15, 0.2) is 19.0 Å². The van der Waals surface area contributed by atoms with Crippen molar-refractivity contribution >= 4 is 23.2 Å². The highest BCUT2D eigenvalue weighted by Crippen LogP contribution is 2.26. The molecular weight excluding hydrogens is 216 g/mol. The van der Waals surface area contributed by atoms with Crippen molar-refractivity contribution in [1.82, 2.24) is 9.97 Å². The number of nitrogens with two attached hydrogens (primary N) is 1. The molecule has 1 aromatic heterocycles. The van der Waals surface area contributed by atoms with E-state index < -0.39 is 0 Å². The van der Waals surface area contributed by atoms with Gasteiger partial charge in [-0.05, 0) is 0 Å². The molecule has 0 aromatic carbocycles. The van der Waals surface area contributed by atoms with Crippen LogP contribution in [-0.4, -0.2) is 34.8 Å². The van der Waals surface area contributed by atoms with Gasteiger partial charge in [-0.3, -0.25) is 0 Å². The minimum Gasteiger partial charge on any atom is -0.395 e. The van der Waals surface area contributed by atoms with Gasteiger partial charge in [-0.15, -0.1) is 6.58 Å². The van der Waals surface area contributed by atoms with Crippen LogP contribution in [0.4, 0.5) is 11.6 Å². The van der Waals surface area contributed by atoms with Crippen LogP contribution in [0.25, 0.3) is 0 Å². The zero-order valence-electron chi connectivity index (χ0n) is 8.23. The Labute approximate surface area is 93.2 Å². The van der Waals surface area contributed by atoms with Crippen molar-refractivity contribution in [3.8, 4) is 0 Å². The average molecular weight is 229 g/mol. The van der Waals surface area contributed by atoms with E-state index in [0.717, 1.165) is 0 Å². The third-order valence-electron chi connectivity index (χ3n) is 1.82. The maximum absolute atomic E-state index is 8.89. The molecule has 0 fully saturated rings. The molecule has 0 aliphatic heterocycles. The van der Waals surface area contributed by atoms with Gasteiger partial charge in [-0.1, -0.05) is 17.7 Å². The topological polar surface area (TPSA) is 75.3 Å². The Morgan fingerprint density at radius 1 is 1.60 bits per heavy atom. The summed E-state index contributed by atoms with van der Waals surface area (Å²) in [7, 11) is 0. The predicted molar refractivity (Wildman–Crippen MR) is 61.0 cm³/mol. The molecular formula is C9H13ClN4O. The molecule has 1 heterocycles. The fraction of sp³-hybridized carbons (Fsp3) is 0.333. The molecule has 0 spiro atoms. The predicted octanol–water partition coefficient (Wildman–Crippen LogP) is 0.697. The molecule has 6 heteroatoms. The Kier molecular flexibility index (Phi) is 4.33. The van der Waals surface area contributed by atoms with Crippen molar-refractivity contribution in [2.75, 3.05) is 30.3 Å². The fourth-order valence-electron chi connectivity index (χ4n) is 1.15. The van der Waals surface area contributed by atoms with Gasteiger partial charge in [0.25, 0.3) is 0 Å². The summed E-state index contributed by atoms with van der Waals surface area (Å²) in [4.78, 5) is 9.55. The highest BCUT2D eigenvalue weighted by molar-refractivity contribution is 6.35. The standard InChI is InChI=1S/C9H13ClN4O/c1-2-3-14(4-5-15)9-7(10)8(11)12-6-13-9/h2,6,15H,1,3-5H2,(H2,11,12,13). The van der Waals surface area contributed by atoms with Crippen molar-refractivity contribution in [2.45, 2.75) is 0 Å². The van der Waals surface area contributed by atoms with Gasteiger partial charge in [0.2, 0.25) is 0 Å². The first-order valence-electron chi connectivity index (χ1n) is 4.43. The van der Waals surface area contributed by atoms with Crippen LogP contribution in [0.3, 0.4) is 0 Å². The molecule has 1 aromatic rings. The Hall–Kier alpha value is -1.33. The Morgan fingerprint density at radius 3 is 2.93 bits per heavy atom. The van der Waals surface area contributed by atoms with E-state index in [9.17, 15) is 0 Å². The van der Waals surface area contributed by atoms with Crippen molar-refractivity contribution in [3.63, 3.8) is 0 Å². The summed E-state index contributed by atoms with van der Waals surface area (Å²) in [6, 6.07) is 0. The Morgan fingerprint density at radius 2 is 2.33 bits per heavy atom. The second-order valence-corrected chi connectivity index (χ2v) is 3.23. The van der Waals surface area contributed by atoms with E-state index in [2.05, 4.69) is 16.5 Å². The van der Waals surface area contributed by atoms with E-state index in [-0.39, 0.29) is 12.4 Å². The lowest BCUT2D eigenvalue weighted by Gasteiger charge is -2.21. The van der Waals surface area contributed by atoms with Gasteiger partial charge in [-0.25, -0.2) is 9.97 Å². The third-order valence-corrected chi connectivity index (χ3v) is 2.18. The number of aliphatic hydroxyl groups is 1. The van der Waals surface area contributed by atoms with Gasteiger partial charge >= 0.3 is 0 Å². The zero-order valence-corrected chi connectivity index (χ0v) is 8.98. The van der Waals surface area contributed by atoms with Crippen LogP contribution < -0.4 is 10.6 Å². The monoisotopic (exact) mass is 228 g/mol. The maximum Gasteiger partial charge on any atom is 0.153 e. The Bertz CT molecular complexity index is 345. The molecule has 0 atom stereocenters. The molecule has 82 valence electrons. The van der Waals surface area contributed by atoms with Gasteiger partial charge in [0.1, 0.15) is 17.2 Å². The molecule has 1 rings (SSSR count). The van der Waals surface area contributed by atoms with Crippen molar-refractivity contribution in [2.24, 2.45) is 0 Å². The van der Waals surface area contributed by atoms with E-state index in [1.54, 1.807) is 11.0 Å². The smallest absolute Gasteiger partial charge is 0.153 e. The van der Waals surface area contributed by atoms with Crippen molar-refractivity contribution in [3.05, 3.63) is 24.0 Å². The van der Waals surface area contributed by atoms with Crippen LogP contribution in [0, 0.1) is 0 Å². The molecule has 5 nitrogen and oxygen atoms in total. The minimum absolute atomic E-state index is 0.00801. The average Bonchev–Trinajstić information content (AvgIpc) is 2.22. The van der Waals surface area contributed by atoms with Gasteiger partial charge in [-0.2, -0.15) is 0 Å². The SMILES string of the molecule is C=CCN(CCO)c1ncnc(N)c1Cl. The quantitative estimate of drug-likeness (QED) is 0.726. The third kappa shape index (κ3) is 2.81. The van der Waals surface area contributed by atoms with E-state index in [1.807, 2.05) is 0 Å². The summed E-state index contributed by atoms with van der Waals surface area (Å²) in [5, 5.41) is 9.19. The molecule has 0 saturated heterocycles. The molecule has 15 heavy (non-hydrogen) atoms. The number of anilines is 2. The van der Waals surface area contributed by atoms with Crippen LogP contribution in [0.5, 0.6) is 0 Å². The largest absolute Gasteiger partial charge is 0.395 e. The van der Waals surface area contributed by atoms with E-state index in [4.69, 9.17) is 22.4 Å². The molecule has 0 unspecified atom stereocenters. The summed E-state index contributed by atoms with van der Waals surface area (Å²) in [5.74, 6) is 0.742. The summed E-state index contributed by atoms with van der Waals surface area (Å²) < 4.78 is 0. The molecule has 0 aliphatic carbocycles. The lowest BCUT2D eigenvalue weighted by molar-refractivity contribution is 0.302. The van der Waals surface area contributed by atoms with Gasteiger partial charge in [0.05, 0.1) is 6.61 Å². The maximum atomic E-state index is 8.89. The first-order chi connectivity index (χ1) is 7.20. The van der Waals surface area contributed by atoms with Gasteiger partial charge in [0, 0.05) is 13.1 Å². The molecule has 0 aliphatic rings. The van der Waals surface area contributed by atoms with Gasteiger partial charge in [0.15, 0.2) is 5.82 Å². The molecule has 0 amide bonds. The van der Waals surface area contributed by atoms with Crippen molar-refractivity contribution in [1.29, 1.82) is 0 Å². The number of aliphatic hydroxyl groups excluding tert-OH is 1. The lowest BCUT2D eigenvalue weighted by Crippen LogP contribution is -2.28. The second kappa shape index (κ2) is 5.53. The van der Waals surface area contributed by atoms with Crippen LogP contribution in [-0.2, 0) is 0 Å². The van der Waals surface area contributed by atoms with E-state index >= 15 is 0 Å². The molecule has 0 radical (unpaired) electrons. The summed E-state index contributed by atoms with van der Waals surface area (Å²) in [6.45, 7) is 4.58. The number of hydrogen-bond acceptors (Lipinski definition) is 5. The normalized spacial score (nSPS) is 10.0. The van der Waals surface area contributed by atoms with Crippen molar-refractivity contribution < 1.29 is 5.11 Å².